The molecule has 0 aliphatic rings. The van der Waals surface area contributed by atoms with E-state index < -0.39 is 138 Å². The lowest BCUT2D eigenvalue weighted by Crippen LogP contribution is -2.60. The van der Waals surface area contributed by atoms with Crippen molar-refractivity contribution < 1.29 is 57.8 Å². The van der Waals surface area contributed by atoms with Crippen molar-refractivity contribution in [1.82, 2.24) is 42.5 Å². The van der Waals surface area contributed by atoms with Crippen LogP contribution in [0.4, 0.5) is 0 Å². The van der Waals surface area contributed by atoms with Gasteiger partial charge in [-0.15, -0.1) is 0 Å². The maximum atomic E-state index is 14.0. The second-order valence-electron chi connectivity index (χ2n) is 18.3. The number of carbonyl (C=O) groups excluding carboxylic acids is 10. The standard InChI is InChI=1S/C45H81N11O12S2/c1-11-25(7)36(44(66)49-22-35(59)50-32(21-34(48)58)43(65)53-30(16-18-70-10)41(63)56-37(45(67)68)26(8)12-2)55-40(62)28(13-14-33(47)57)52-42(64)31(20-24(5)6)54-39(61)29(15-17-69-9)51-38(60)27(46)19-23(3)4/h23-32,36-37H,11-22,46H2,1-10H3,(H2,47,57)(H2,48,58)(H,49,66)(H,50,59)(H,51,60)(H,52,64)(H,53,65)(H,54,61)(H,55,62)(H,56,63)(H,67,68)/t25-,26-,27-,28-,29-,30-,31-,32-,36-,37-/m0/s1. The SMILES string of the molecule is CC[C@H](C)[C@H](NC(=O)[C@H](CCSC)NC(=O)[C@H](CC(N)=O)NC(=O)CNC(=O)[C@@H](NC(=O)[C@H](CCC(N)=O)NC(=O)[C@H](CC(C)C)NC(=O)[C@H](CCSC)NC(=O)[C@@H](N)CC(C)C)[C@@H](C)CC)C(=O)O. The summed E-state index contributed by atoms with van der Waals surface area (Å²) in [4.78, 5) is 144. The lowest BCUT2D eigenvalue weighted by Gasteiger charge is -2.29. The smallest absolute Gasteiger partial charge is 0.326 e. The molecule has 0 saturated carbocycles. The number of carbonyl (C=O) groups is 11. The summed E-state index contributed by atoms with van der Waals surface area (Å²) in [6.45, 7) is 13.4. The van der Waals surface area contributed by atoms with E-state index in [0.29, 0.717) is 30.8 Å². The average molecular weight is 1030 g/mol. The summed E-state index contributed by atoms with van der Waals surface area (Å²) in [6.07, 6.45) is 3.78. The maximum Gasteiger partial charge on any atom is 0.326 e. The molecule has 0 spiro atoms. The molecular weight excluding hydrogens is 951 g/mol. The molecule has 0 aliphatic heterocycles. The van der Waals surface area contributed by atoms with Crippen LogP contribution in [0.15, 0.2) is 0 Å². The monoisotopic (exact) mass is 1030 g/mol. The first-order valence-electron chi connectivity index (χ1n) is 23.6. The topological polar surface area (TPSA) is 382 Å². The number of primary amides is 2. The Hall–Kier alpha value is -5.17. The Morgan fingerprint density at radius 1 is 0.500 bits per heavy atom. The molecule has 70 heavy (non-hydrogen) atoms. The van der Waals surface area contributed by atoms with Gasteiger partial charge in [0, 0.05) is 6.42 Å². The van der Waals surface area contributed by atoms with Gasteiger partial charge in [0.1, 0.15) is 42.3 Å². The van der Waals surface area contributed by atoms with E-state index in [1.165, 1.54) is 23.5 Å². The van der Waals surface area contributed by atoms with E-state index in [1.807, 2.05) is 34.0 Å². The van der Waals surface area contributed by atoms with Gasteiger partial charge in [-0.25, -0.2) is 4.79 Å². The Morgan fingerprint density at radius 2 is 0.914 bits per heavy atom. The van der Waals surface area contributed by atoms with Gasteiger partial charge in [0.2, 0.25) is 59.1 Å². The lowest BCUT2D eigenvalue weighted by molar-refractivity contribution is -0.144. The summed E-state index contributed by atoms with van der Waals surface area (Å²) < 4.78 is 0. The minimum atomic E-state index is -1.62. The fourth-order valence-electron chi connectivity index (χ4n) is 6.80. The van der Waals surface area contributed by atoms with Crippen LogP contribution in [0, 0.1) is 23.7 Å². The number of nitrogens with two attached hydrogens (primary N) is 3. The molecule has 0 aliphatic carbocycles. The fourth-order valence-corrected chi connectivity index (χ4v) is 7.75. The number of carboxylic acid groups (broad SMARTS) is 1. The second-order valence-corrected chi connectivity index (χ2v) is 20.2. The van der Waals surface area contributed by atoms with Gasteiger partial charge in [-0.3, -0.25) is 47.9 Å². The molecule has 0 radical (unpaired) electrons. The van der Waals surface area contributed by atoms with Crippen LogP contribution < -0.4 is 59.7 Å². The molecule has 25 heteroatoms. The molecule has 0 unspecified atom stereocenters. The minimum Gasteiger partial charge on any atom is -0.480 e. The third kappa shape index (κ3) is 25.6. The first-order chi connectivity index (χ1) is 32.7. The highest BCUT2D eigenvalue weighted by Crippen LogP contribution is 2.14. The van der Waals surface area contributed by atoms with Gasteiger partial charge < -0.3 is 64.8 Å². The zero-order chi connectivity index (χ0) is 53.8. The highest BCUT2D eigenvalue weighted by atomic mass is 32.2. The van der Waals surface area contributed by atoms with Crippen LogP contribution in [0.2, 0.25) is 0 Å². The van der Waals surface area contributed by atoms with Crippen LogP contribution in [-0.4, -0.2) is 149 Å². The Bertz CT molecular complexity index is 1780. The van der Waals surface area contributed by atoms with E-state index in [9.17, 15) is 57.8 Å². The highest BCUT2D eigenvalue weighted by Gasteiger charge is 2.35. The Morgan fingerprint density at radius 3 is 1.36 bits per heavy atom. The van der Waals surface area contributed by atoms with Crippen molar-refractivity contribution in [2.24, 2.45) is 40.9 Å². The van der Waals surface area contributed by atoms with Crippen molar-refractivity contribution in [3.05, 3.63) is 0 Å². The van der Waals surface area contributed by atoms with E-state index in [1.54, 1.807) is 34.0 Å². The van der Waals surface area contributed by atoms with Crippen LogP contribution in [0.3, 0.4) is 0 Å². The average Bonchev–Trinajstić information content (AvgIpc) is 3.28. The van der Waals surface area contributed by atoms with Gasteiger partial charge >= 0.3 is 5.97 Å². The maximum absolute atomic E-state index is 14.0. The van der Waals surface area contributed by atoms with Crippen LogP contribution in [0.5, 0.6) is 0 Å². The van der Waals surface area contributed by atoms with Crippen molar-refractivity contribution in [3.8, 4) is 0 Å². The summed E-state index contributed by atoms with van der Waals surface area (Å²) in [7, 11) is 0. The van der Waals surface area contributed by atoms with Crippen molar-refractivity contribution in [3.63, 3.8) is 0 Å². The first-order valence-corrected chi connectivity index (χ1v) is 26.4. The number of rotatable bonds is 36. The van der Waals surface area contributed by atoms with Gasteiger partial charge in [0.25, 0.3) is 0 Å². The van der Waals surface area contributed by atoms with Gasteiger partial charge in [-0.2, -0.15) is 23.5 Å². The number of amides is 10. The van der Waals surface area contributed by atoms with E-state index in [-0.39, 0.29) is 43.9 Å². The van der Waals surface area contributed by atoms with E-state index in [4.69, 9.17) is 17.2 Å². The molecule has 400 valence electrons. The number of hydrogen-bond acceptors (Lipinski definition) is 14. The second kappa shape index (κ2) is 34.2. The molecule has 0 aromatic heterocycles. The molecule has 10 amide bonds. The predicted octanol–water partition coefficient (Wildman–Crippen LogP) is -1.26. The highest BCUT2D eigenvalue weighted by molar-refractivity contribution is 7.98. The van der Waals surface area contributed by atoms with Gasteiger partial charge in [-0.05, 0) is 79.8 Å². The van der Waals surface area contributed by atoms with Crippen LogP contribution in [0.1, 0.15) is 113 Å². The van der Waals surface area contributed by atoms with E-state index >= 15 is 0 Å². The largest absolute Gasteiger partial charge is 0.480 e. The summed E-state index contributed by atoms with van der Waals surface area (Å²) >= 11 is 2.80. The molecule has 10 atom stereocenters. The predicted molar refractivity (Wildman–Crippen MR) is 268 cm³/mol. The molecule has 15 N–H and O–H groups in total. The Kier molecular flexibility index (Phi) is 31.7. The minimum absolute atomic E-state index is 0.0677. The zero-order valence-electron chi connectivity index (χ0n) is 42.4. The van der Waals surface area contributed by atoms with E-state index in [2.05, 4.69) is 42.5 Å². The molecule has 0 rings (SSSR count). The lowest BCUT2D eigenvalue weighted by atomic mass is 9.97. The Labute approximate surface area is 420 Å². The normalized spacial score (nSPS) is 15.5. The molecule has 0 fully saturated rings. The first kappa shape index (κ1) is 64.8. The molecular formula is C45H81N11O12S2. The Balaban J connectivity index is 6.33. The quantitative estimate of drug-likeness (QED) is 0.0349. The van der Waals surface area contributed by atoms with Gasteiger partial charge in [0.05, 0.1) is 19.0 Å². The number of nitrogens with one attached hydrogen (secondary N) is 8. The van der Waals surface area contributed by atoms with Crippen molar-refractivity contribution in [2.45, 2.75) is 162 Å². The summed E-state index contributed by atoms with van der Waals surface area (Å²) in [5.41, 5.74) is 16.9. The van der Waals surface area contributed by atoms with Crippen molar-refractivity contribution in [2.75, 3.05) is 30.6 Å². The number of hydrogen-bond donors (Lipinski definition) is 12. The number of thioether (sulfide) groups is 2. The van der Waals surface area contributed by atoms with Gasteiger partial charge in [0.15, 0.2) is 0 Å². The molecule has 0 bridgehead atoms. The number of carboxylic acids is 1. The molecule has 0 aromatic carbocycles. The summed E-state index contributed by atoms with van der Waals surface area (Å²) in [6, 6.07) is -10.0. The van der Waals surface area contributed by atoms with Crippen molar-refractivity contribution >= 4 is 88.6 Å². The van der Waals surface area contributed by atoms with Crippen molar-refractivity contribution in [1.29, 1.82) is 0 Å². The summed E-state index contributed by atoms with van der Waals surface area (Å²) in [5, 5.41) is 29.9. The van der Waals surface area contributed by atoms with Crippen LogP contribution in [-0.2, 0) is 52.7 Å². The third-order valence-electron chi connectivity index (χ3n) is 11.3. The summed E-state index contributed by atoms with van der Waals surface area (Å²) in [5.74, 6) is -9.69. The molecule has 0 aromatic rings. The molecule has 23 nitrogen and oxygen atoms in total. The molecule has 0 saturated heterocycles. The van der Waals surface area contributed by atoms with E-state index in [0.717, 1.165) is 0 Å². The number of aliphatic carboxylic acids is 1. The van der Waals surface area contributed by atoms with Crippen LogP contribution in [0.25, 0.3) is 0 Å². The zero-order valence-corrected chi connectivity index (χ0v) is 44.0. The van der Waals surface area contributed by atoms with Gasteiger partial charge in [-0.1, -0.05) is 68.2 Å². The third-order valence-corrected chi connectivity index (χ3v) is 12.5. The molecule has 0 heterocycles. The fraction of sp³-hybridized carbons (Fsp3) is 0.756. The van der Waals surface area contributed by atoms with Crippen LogP contribution >= 0.6 is 23.5 Å².